The van der Waals surface area contributed by atoms with Crippen LogP contribution in [0.3, 0.4) is 0 Å². The molecule has 2 atom stereocenters. The molecule has 0 aromatic rings. The van der Waals surface area contributed by atoms with Crippen LogP contribution in [0.1, 0.15) is 25.7 Å². The van der Waals surface area contributed by atoms with Crippen LogP contribution in [0.25, 0.3) is 0 Å². The van der Waals surface area contributed by atoms with E-state index in [4.69, 9.17) is 9.47 Å². The van der Waals surface area contributed by atoms with Crippen molar-refractivity contribution in [1.29, 1.82) is 0 Å². The Balaban J connectivity index is 1.53. The zero-order valence-corrected chi connectivity index (χ0v) is 11.4. The van der Waals surface area contributed by atoms with Gasteiger partial charge in [0.1, 0.15) is 18.5 Å². The van der Waals surface area contributed by atoms with E-state index in [1.165, 1.54) is 25.9 Å². The van der Waals surface area contributed by atoms with E-state index in [0.717, 1.165) is 30.7 Å². The van der Waals surface area contributed by atoms with E-state index in [9.17, 15) is 5.11 Å². The normalized spacial score (nSPS) is 29.2. The second-order valence-corrected chi connectivity index (χ2v) is 5.55. The molecule has 3 rings (SSSR count). The van der Waals surface area contributed by atoms with Gasteiger partial charge in [-0.3, -0.25) is 0 Å². The molecule has 0 bridgehead atoms. The Hall–Kier alpha value is -0.840. The van der Waals surface area contributed by atoms with E-state index in [0.29, 0.717) is 13.2 Å². The molecule has 2 fully saturated rings. The van der Waals surface area contributed by atoms with Crippen molar-refractivity contribution in [1.82, 2.24) is 4.90 Å². The summed E-state index contributed by atoms with van der Waals surface area (Å²) in [6.07, 6.45) is 8.00. The SMILES string of the molecule is OC(CCN1CCCC1)C1=CCC2OCCOC2=C1. The minimum atomic E-state index is -0.375. The van der Waals surface area contributed by atoms with Crippen LogP contribution in [0, 0.1) is 0 Å². The van der Waals surface area contributed by atoms with Gasteiger partial charge in [0, 0.05) is 6.54 Å². The second kappa shape index (κ2) is 6.07. The van der Waals surface area contributed by atoms with Gasteiger partial charge in [0.15, 0.2) is 0 Å². The Labute approximate surface area is 114 Å². The molecule has 19 heavy (non-hydrogen) atoms. The maximum Gasteiger partial charge on any atom is 0.126 e. The van der Waals surface area contributed by atoms with Gasteiger partial charge in [0.05, 0.1) is 12.7 Å². The molecule has 1 N–H and O–H groups in total. The third kappa shape index (κ3) is 3.19. The van der Waals surface area contributed by atoms with E-state index in [2.05, 4.69) is 11.0 Å². The number of aliphatic hydroxyl groups excluding tert-OH is 1. The molecule has 106 valence electrons. The number of hydrogen-bond donors (Lipinski definition) is 1. The number of aliphatic hydroxyl groups is 1. The summed E-state index contributed by atoms with van der Waals surface area (Å²) >= 11 is 0. The molecular formula is C15H23NO3. The first-order valence-corrected chi connectivity index (χ1v) is 7.39. The minimum Gasteiger partial charge on any atom is -0.493 e. The molecule has 0 radical (unpaired) electrons. The highest BCUT2D eigenvalue weighted by molar-refractivity contribution is 5.31. The fourth-order valence-electron chi connectivity index (χ4n) is 3.02. The predicted molar refractivity (Wildman–Crippen MR) is 72.8 cm³/mol. The summed E-state index contributed by atoms with van der Waals surface area (Å²) in [7, 11) is 0. The summed E-state index contributed by atoms with van der Waals surface area (Å²) in [6, 6.07) is 0. The van der Waals surface area contributed by atoms with Crippen molar-refractivity contribution >= 4 is 0 Å². The lowest BCUT2D eigenvalue weighted by molar-refractivity contribution is -0.0422. The third-order valence-electron chi connectivity index (χ3n) is 4.17. The van der Waals surface area contributed by atoms with Gasteiger partial charge in [-0.05, 0) is 50.4 Å². The lowest BCUT2D eigenvalue weighted by Gasteiger charge is -2.30. The summed E-state index contributed by atoms with van der Waals surface area (Å²) in [5, 5.41) is 10.3. The summed E-state index contributed by atoms with van der Waals surface area (Å²) in [5.41, 5.74) is 0.996. The van der Waals surface area contributed by atoms with Crippen molar-refractivity contribution in [2.45, 2.75) is 37.9 Å². The van der Waals surface area contributed by atoms with Gasteiger partial charge in [-0.2, -0.15) is 0 Å². The number of fused-ring (bicyclic) bond motifs is 1. The lowest BCUT2D eigenvalue weighted by Crippen LogP contribution is -2.30. The molecule has 2 unspecified atom stereocenters. The number of nitrogens with zero attached hydrogens (tertiary/aromatic N) is 1. The van der Waals surface area contributed by atoms with Crippen molar-refractivity contribution in [3.63, 3.8) is 0 Å². The molecule has 1 aliphatic carbocycles. The van der Waals surface area contributed by atoms with E-state index in [-0.39, 0.29) is 12.2 Å². The van der Waals surface area contributed by atoms with Gasteiger partial charge in [-0.1, -0.05) is 6.08 Å². The number of rotatable bonds is 4. The van der Waals surface area contributed by atoms with Crippen LogP contribution < -0.4 is 0 Å². The summed E-state index contributed by atoms with van der Waals surface area (Å²) < 4.78 is 11.2. The first-order valence-electron chi connectivity index (χ1n) is 7.39. The van der Waals surface area contributed by atoms with Gasteiger partial charge in [-0.15, -0.1) is 0 Å². The zero-order chi connectivity index (χ0) is 13.1. The average Bonchev–Trinajstić information content (AvgIpc) is 2.97. The van der Waals surface area contributed by atoms with Gasteiger partial charge in [0.2, 0.25) is 0 Å². The molecule has 2 heterocycles. The van der Waals surface area contributed by atoms with Gasteiger partial charge >= 0.3 is 0 Å². The fourth-order valence-corrected chi connectivity index (χ4v) is 3.02. The van der Waals surface area contributed by atoms with Gasteiger partial charge in [-0.25, -0.2) is 0 Å². The van der Waals surface area contributed by atoms with E-state index in [1.54, 1.807) is 0 Å². The molecule has 3 aliphatic rings. The van der Waals surface area contributed by atoms with E-state index in [1.807, 2.05) is 6.08 Å². The zero-order valence-electron chi connectivity index (χ0n) is 11.4. The van der Waals surface area contributed by atoms with E-state index < -0.39 is 0 Å². The quantitative estimate of drug-likeness (QED) is 0.835. The molecule has 0 aromatic carbocycles. The lowest BCUT2D eigenvalue weighted by atomic mass is 9.97. The highest BCUT2D eigenvalue weighted by Crippen LogP contribution is 2.27. The average molecular weight is 265 g/mol. The molecule has 0 aromatic heterocycles. The second-order valence-electron chi connectivity index (χ2n) is 5.55. The van der Waals surface area contributed by atoms with Crippen molar-refractivity contribution < 1.29 is 14.6 Å². The van der Waals surface area contributed by atoms with Crippen molar-refractivity contribution in [3.8, 4) is 0 Å². The Morgan fingerprint density at radius 1 is 1.32 bits per heavy atom. The van der Waals surface area contributed by atoms with Crippen molar-refractivity contribution in [2.75, 3.05) is 32.8 Å². The van der Waals surface area contributed by atoms with Gasteiger partial charge < -0.3 is 19.5 Å². The molecule has 0 amide bonds. The Bertz CT molecular complexity index is 372. The Kier molecular flexibility index (Phi) is 4.21. The van der Waals surface area contributed by atoms with Gasteiger partial charge in [0.25, 0.3) is 0 Å². The molecule has 4 nitrogen and oxygen atoms in total. The van der Waals surface area contributed by atoms with Crippen molar-refractivity contribution in [3.05, 3.63) is 23.5 Å². The summed E-state index contributed by atoms with van der Waals surface area (Å²) in [6.45, 7) is 4.66. The van der Waals surface area contributed by atoms with Crippen LogP contribution in [-0.4, -0.2) is 55.1 Å². The minimum absolute atomic E-state index is 0.0725. The van der Waals surface area contributed by atoms with E-state index >= 15 is 0 Å². The molecule has 2 aliphatic heterocycles. The summed E-state index contributed by atoms with van der Waals surface area (Å²) in [5.74, 6) is 0.893. The highest BCUT2D eigenvalue weighted by atomic mass is 16.6. The maximum absolute atomic E-state index is 10.3. The number of hydrogen-bond acceptors (Lipinski definition) is 4. The molecular weight excluding hydrogens is 242 g/mol. The first kappa shape index (κ1) is 13.2. The fraction of sp³-hybridized carbons (Fsp3) is 0.733. The maximum atomic E-state index is 10.3. The Morgan fingerprint density at radius 2 is 2.16 bits per heavy atom. The Morgan fingerprint density at radius 3 is 3.00 bits per heavy atom. The molecule has 4 heteroatoms. The smallest absolute Gasteiger partial charge is 0.126 e. The molecule has 0 saturated carbocycles. The summed E-state index contributed by atoms with van der Waals surface area (Å²) in [4.78, 5) is 2.43. The highest BCUT2D eigenvalue weighted by Gasteiger charge is 2.25. The van der Waals surface area contributed by atoms with Crippen LogP contribution >= 0.6 is 0 Å². The third-order valence-corrected chi connectivity index (χ3v) is 4.17. The molecule has 2 saturated heterocycles. The van der Waals surface area contributed by atoms with Crippen LogP contribution in [0.4, 0.5) is 0 Å². The topological polar surface area (TPSA) is 41.9 Å². The predicted octanol–water partition coefficient (Wildman–Crippen LogP) is 1.46. The number of ether oxygens (including phenoxy) is 2. The largest absolute Gasteiger partial charge is 0.493 e. The van der Waals surface area contributed by atoms with Crippen LogP contribution in [0.2, 0.25) is 0 Å². The van der Waals surface area contributed by atoms with Crippen LogP contribution in [0.15, 0.2) is 23.5 Å². The molecule has 0 spiro atoms. The van der Waals surface area contributed by atoms with Crippen LogP contribution in [-0.2, 0) is 9.47 Å². The monoisotopic (exact) mass is 265 g/mol. The number of likely N-dealkylation sites (tertiary alicyclic amines) is 1. The standard InChI is InChI=1S/C15H23NO3/c17-13(5-8-16-6-1-2-7-16)12-3-4-14-15(11-12)19-10-9-18-14/h3,11,13-14,17H,1-2,4-10H2. The first-order chi connectivity index (χ1) is 9.33. The van der Waals surface area contributed by atoms with Crippen LogP contribution in [0.5, 0.6) is 0 Å². The van der Waals surface area contributed by atoms with Crippen molar-refractivity contribution in [2.24, 2.45) is 0 Å².